The highest BCUT2D eigenvalue weighted by Crippen LogP contribution is 2.22. The lowest BCUT2D eigenvalue weighted by molar-refractivity contribution is -0.160. The standard InChI is InChI=1S/C22H26N2O4S/c1-16(20(25)23-12-9-17-6-3-2-4-7-17)28-22(27)18-10-13-24(14-11-18)21(26)19-8-5-15-29-19/h2-8,15-16,18H,9-14H2,1H3,(H,23,25)/t16-/m1/s1. The van der Waals surface area contributed by atoms with Crippen LogP contribution in [0.1, 0.15) is 35.0 Å². The van der Waals surface area contributed by atoms with Crippen LogP contribution in [0, 0.1) is 5.92 Å². The largest absolute Gasteiger partial charge is 0.452 e. The third-order valence-electron chi connectivity index (χ3n) is 5.07. The van der Waals surface area contributed by atoms with Crippen molar-refractivity contribution in [3.05, 3.63) is 58.3 Å². The molecule has 2 aromatic rings. The van der Waals surface area contributed by atoms with Gasteiger partial charge in [-0.1, -0.05) is 36.4 Å². The van der Waals surface area contributed by atoms with E-state index >= 15 is 0 Å². The van der Waals surface area contributed by atoms with E-state index < -0.39 is 6.10 Å². The Morgan fingerprint density at radius 1 is 1.14 bits per heavy atom. The van der Waals surface area contributed by atoms with Crippen molar-refractivity contribution in [1.29, 1.82) is 0 Å². The van der Waals surface area contributed by atoms with Crippen LogP contribution in [0.25, 0.3) is 0 Å². The van der Waals surface area contributed by atoms with Crippen molar-refractivity contribution in [2.24, 2.45) is 5.92 Å². The quantitative estimate of drug-likeness (QED) is 0.707. The van der Waals surface area contributed by atoms with Crippen LogP contribution in [0.2, 0.25) is 0 Å². The number of thiophene rings is 1. The van der Waals surface area contributed by atoms with Crippen molar-refractivity contribution in [1.82, 2.24) is 10.2 Å². The summed E-state index contributed by atoms with van der Waals surface area (Å²) in [7, 11) is 0. The molecule has 0 bridgehead atoms. The second-order valence-electron chi connectivity index (χ2n) is 7.15. The zero-order valence-electron chi connectivity index (χ0n) is 16.5. The number of hydrogen-bond donors (Lipinski definition) is 1. The zero-order valence-corrected chi connectivity index (χ0v) is 17.3. The van der Waals surface area contributed by atoms with Gasteiger partial charge in [-0.05, 0) is 43.2 Å². The number of nitrogens with one attached hydrogen (secondary N) is 1. The lowest BCUT2D eigenvalue weighted by Crippen LogP contribution is -2.42. The number of nitrogens with zero attached hydrogens (tertiary/aromatic N) is 1. The monoisotopic (exact) mass is 414 g/mol. The summed E-state index contributed by atoms with van der Waals surface area (Å²) in [5.41, 5.74) is 1.14. The van der Waals surface area contributed by atoms with Crippen LogP contribution in [0.5, 0.6) is 0 Å². The molecule has 0 saturated carbocycles. The molecule has 1 N–H and O–H groups in total. The summed E-state index contributed by atoms with van der Waals surface area (Å²) in [6.45, 7) is 3.13. The second-order valence-corrected chi connectivity index (χ2v) is 8.10. The molecule has 154 valence electrons. The fourth-order valence-electron chi connectivity index (χ4n) is 3.32. The van der Waals surface area contributed by atoms with Crippen LogP contribution in [-0.2, 0) is 20.7 Å². The number of amides is 2. The highest BCUT2D eigenvalue weighted by Gasteiger charge is 2.30. The van der Waals surface area contributed by atoms with E-state index in [9.17, 15) is 14.4 Å². The Hall–Kier alpha value is -2.67. The average molecular weight is 415 g/mol. The Bertz CT molecular complexity index is 815. The second kappa shape index (κ2) is 10.2. The van der Waals surface area contributed by atoms with Crippen molar-refractivity contribution >= 4 is 29.1 Å². The first-order valence-electron chi connectivity index (χ1n) is 9.89. The van der Waals surface area contributed by atoms with Gasteiger partial charge in [-0.15, -0.1) is 11.3 Å². The van der Waals surface area contributed by atoms with E-state index in [4.69, 9.17) is 4.74 Å². The van der Waals surface area contributed by atoms with E-state index in [1.165, 1.54) is 11.3 Å². The Kier molecular flexibility index (Phi) is 7.41. The van der Waals surface area contributed by atoms with E-state index in [0.29, 0.717) is 37.4 Å². The van der Waals surface area contributed by atoms with Crippen LogP contribution >= 0.6 is 11.3 Å². The molecule has 2 heterocycles. The molecular formula is C22H26N2O4S. The summed E-state index contributed by atoms with van der Waals surface area (Å²) in [6, 6.07) is 13.5. The van der Waals surface area contributed by atoms with Crippen LogP contribution in [0.4, 0.5) is 0 Å². The molecule has 1 aliphatic rings. The first kappa shape index (κ1) is 21.0. The molecule has 1 fully saturated rings. The normalized spacial score (nSPS) is 15.6. The van der Waals surface area contributed by atoms with Crippen LogP contribution < -0.4 is 5.32 Å². The minimum Gasteiger partial charge on any atom is -0.452 e. The Morgan fingerprint density at radius 3 is 2.52 bits per heavy atom. The third-order valence-corrected chi connectivity index (χ3v) is 5.92. The molecule has 0 radical (unpaired) electrons. The molecule has 1 aromatic heterocycles. The lowest BCUT2D eigenvalue weighted by atomic mass is 9.97. The van der Waals surface area contributed by atoms with E-state index in [0.717, 1.165) is 12.0 Å². The molecule has 2 amide bonds. The van der Waals surface area contributed by atoms with Crippen molar-refractivity contribution in [2.45, 2.75) is 32.3 Å². The number of benzene rings is 1. The molecule has 1 atom stereocenters. The van der Waals surface area contributed by atoms with Gasteiger partial charge in [-0.2, -0.15) is 0 Å². The van der Waals surface area contributed by atoms with Gasteiger partial charge in [0, 0.05) is 19.6 Å². The van der Waals surface area contributed by atoms with E-state index in [1.807, 2.05) is 47.8 Å². The van der Waals surface area contributed by atoms with Gasteiger partial charge < -0.3 is 15.0 Å². The number of hydrogen-bond acceptors (Lipinski definition) is 5. The molecule has 7 heteroatoms. The summed E-state index contributed by atoms with van der Waals surface area (Å²) in [4.78, 5) is 39.5. The average Bonchev–Trinajstić information content (AvgIpc) is 3.29. The molecule has 0 unspecified atom stereocenters. The molecule has 1 aromatic carbocycles. The number of ether oxygens (including phenoxy) is 1. The Labute approximate surface area is 174 Å². The molecule has 1 saturated heterocycles. The highest BCUT2D eigenvalue weighted by molar-refractivity contribution is 7.12. The van der Waals surface area contributed by atoms with Gasteiger partial charge in [0.15, 0.2) is 6.10 Å². The van der Waals surface area contributed by atoms with E-state index in [2.05, 4.69) is 5.32 Å². The summed E-state index contributed by atoms with van der Waals surface area (Å²) in [6.07, 6.45) is 1.00. The molecule has 6 nitrogen and oxygen atoms in total. The predicted molar refractivity (Wildman–Crippen MR) is 112 cm³/mol. The van der Waals surface area contributed by atoms with Gasteiger partial charge in [0.1, 0.15) is 0 Å². The fourth-order valence-corrected chi connectivity index (χ4v) is 4.01. The van der Waals surface area contributed by atoms with Gasteiger partial charge in [0.25, 0.3) is 11.8 Å². The number of rotatable bonds is 7. The lowest BCUT2D eigenvalue weighted by Gasteiger charge is -2.31. The molecule has 29 heavy (non-hydrogen) atoms. The third kappa shape index (κ3) is 5.90. The van der Waals surface area contributed by atoms with Gasteiger partial charge in [0.05, 0.1) is 10.8 Å². The minimum absolute atomic E-state index is 0.0120. The minimum atomic E-state index is -0.830. The number of carbonyl (C=O) groups is 3. The van der Waals surface area contributed by atoms with Crippen molar-refractivity contribution in [3.63, 3.8) is 0 Å². The predicted octanol–water partition coefficient (Wildman–Crippen LogP) is 2.89. The molecular weight excluding hydrogens is 388 g/mol. The molecule has 3 rings (SSSR count). The highest BCUT2D eigenvalue weighted by atomic mass is 32.1. The van der Waals surface area contributed by atoms with Crippen molar-refractivity contribution in [2.75, 3.05) is 19.6 Å². The van der Waals surface area contributed by atoms with Crippen LogP contribution in [0.3, 0.4) is 0 Å². The zero-order chi connectivity index (χ0) is 20.6. The molecule has 1 aliphatic heterocycles. The van der Waals surface area contributed by atoms with Gasteiger partial charge in [0.2, 0.25) is 0 Å². The number of carbonyl (C=O) groups excluding carboxylic acids is 3. The van der Waals surface area contributed by atoms with Gasteiger partial charge in [-0.3, -0.25) is 14.4 Å². The Morgan fingerprint density at radius 2 is 1.86 bits per heavy atom. The van der Waals surface area contributed by atoms with Crippen molar-refractivity contribution < 1.29 is 19.1 Å². The van der Waals surface area contributed by atoms with Crippen LogP contribution in [0.15, 0.2) is 47.8 Å². The first-order chi connectivity index (χ1) is 14.0. The topological polar surface area (TPSA) is 75.7 Å². The number of esters is 1. The van der Waals surface area contributed by atoms with Crippen LogP contribution in [-0.4, -0.2) is 48.4 Å². The first-order valence-corrected chi connectivity index (χ1v) is 10.8. The van der Waals surface area contributed by atoms with E-state index in [1.54, 1.807) is 11.8 Å². The van der Waals surface area contributed by atoms with Gasteiger partial charge >= 0.3 is 5.97 Å². The molecule has 0 aliphatic carbocycles. The maximum absolute atomic E-state index is 12.4. The van der Waals surface area contributed by atoms with Gasteiger partial charge in [-0.25, -0.2) is 0 Å². The fraction of sp³-hybridized carbons (Fsp3) is 0.409. The summed E-state index contributed by atoms with van der Waals surface area (Å²) in [5.74, 6) is -0.918. The maximum atomic E-state index is 12.4. The maximum Gasteiger partial charge on any atom is 0.309 e. The summed E-state index contributed by atoms with van der Waals surface area (Å²) in [5, 5.41) is 4.69. The Balaban J connectivity index is 1.38. The number of piperidine rings is 1. The SMILES string of the molecule is C[C@@H](OC(=O)C1CCN(C(=O)c2cccs2)CC1)C(=O)NCCc1ccccc1. The summed E-state index contributed by atoms with van der Waals surface area (Å²) >= 11 is 1.42. The van der Waals surface area contributed by atoms with Crippen molar-refractivity contribution in [3.8, 4) is 0 Å². The smallest absolute Gasteiger partial charge is 0.309 e. The number of likely N-dealkylation sites (tertiary alicyclic amines) is 1. The summed E-state index contributed by atoms with van der Waals surface area (Å²) < 4.78 is 5.37. The van der Waals surface area contributed by atoms with E-state index in [-0.39, 0.29) is 23.7 Å². The molecule has 0 spiro atoms.